The molecule has 0 saturated carbocycles. The van der Waals surface area contributed by atoms with E-state index >= 15 is 0 Å². The number of benzene rings is 4. The maximum Gasteiger partial charge on any atom is 0.151 e. The van der Waals surface area contributed by atoms with E-state index < -0.39 is 0 Å². The second-order valence-corrected chi connectivity index (χ2v) is 8.21. The maximum atomic E-state index is 10.7. The Bertz CT molecular complexity index is 1310. The molecule has 4 rings (SSSR count). The second kappa shape index (κ2) is 9.20. The lowest BCUT2D eigenvalue weighted by Crippen LogP contribution is -2.05. The molecule has 4 aromatic carbocycles. The Hall–Kier alpha value is -4.06. The van der Waals surface area contributed by atoms with E-state index in [2.05, 4.69) is 10.2 Å². The summed E-state index contributed by atoms with van der Waals surface area (Å²) in [5.74, 6) is 0.812. The minimum atomic E-state index is -0.122. The molecular formula is C27H26N2O4. The van der Waals surface area contributed by atoms with Crippen LogP contribution in [0.25, 0.3) is 10.8 Å². The molecule has 0 bridgehead atoms. The fraction of sp³-hybridized carbons (Fsp3) is 0.185. The number of azo groups is 1. The van der Waals surface area contributed by atoms with Gasteiger partial charge in [0.2, 0.25) is 0 Å². The molecule has 0 radical (unpaired) electrons. The van der Waals surface area contributed by atoms with Gasteiger partial charge in [-0.2, -0.15) is 5.11 Å². The van der Waals surface area contributed by atoms with Crippen LogP contribution in [0.2, 0.25) is 0 Å². The van der Waals surface area contributed by atoms with Gasteiger partial charge in [0.25, 0.3) is 0 Å². The number of nitrogens with zero attached hydrogens (tertiary/aromatic N) is 2. The van der Waals surface area contributed by atoms with Crippen LogP contribution in [0.3, 0.4) is 0 Å². The van der Waals surface area contributed by atoms with E-state index in [1.165, 1.54) is 12.1 Å². The van der Waals surface area contributed by atoms with Gasteiger partial charge >= 0.3 is 0 Å². The molecule has 168 valence electrons. The number of ether oxygens (including phenoxy) is 1. The van der Waals surface area contributed by atoms with Crippen molar-refractivity contribution >= 4 is 22.1 Å². The Labute approximate surface area is 192 Å². The van der Waals surface area contributed by atoms with Crippen LogP contribution in [0, 0.1) is 0 Å². The third kappa shape index (κ3) is 4.75. The molecule has 0 spiro atoms. The Morgan fingerprint density at radius 1 is 0.758 bits per heavy atom. The third-order valence-corrected chi connectivity index (χ3v) is 5.46. The van der Waals surface area contributed by atoms with Crippen molar-refractivity contribution in [3.63, 3.8) is 0 Å². The summed E-state index contributed by atoms with van der Waals surface area (Å²) in [6.45, 7) is 5.85. The van der Waals surface area contributed by atoms with E-state index in [1.807, 2.05) is 69.3 Å². The Morgan fingerprint density at radius 2 is 1.45 bits per heavy atom. The number of phenolic OH excluding ortho intramolecular Hbond substituents is 3. The van der Waals surface area contributed by atoms with E-state index in [4.69, 9.17) is 4.74 Å². The second-order valence-electron chi connectivity index (χ2n) is 8.21. The van der Waals surface area contributed by atoms with Gasteiger partial charge in [0, 0.05) is 28.3 Å². The molecule has 0 aliphatic heterocycles. The zero-order chi connectivity index (χ0) is 23.5. The molecule has 0 aliphatic carbocycles. The van der Waals surface area contributed by atoms with Crippen LogP contribution >= 0.6 is 0 Å². The van der Waals surface area contributed by atoms with Gasteiger partial charge in [-0.05, 0) is 49.7 Å². The normalized spacial score (nSPS) is 12.5. The summed E-state index contributed by atoms with van der Waals surface area (Å²) in [5.41, 5.74) is 2.54. The summed E-state index contributed by atoms with van der Waals surface area (Å²) in [6.07, 6.45) is -0.0248. The average Bonchev–Trinajstić information content (AvgIpc) is 2.81. The summed E-state index contributed by atoms with van der Waals surface area (Å²) in [6, 6.07) is 21.1. The first-order valence-corrected chi connectivity index (χ1v) is 10.8. The molecule has 0 saturated heterocycles. The van der Waals surface area contributed by atoms with Gasteiger partial charge in [0.15, 0.2) is 5.75 Å². The molecule has 0 aromatic heterocycles. The molecular weight excluding hydrogens is 416 g/mol. The average molecular weight is 443 g/mol. The number of phenols is 3. The number of fused-ring (bicyclic) bond motifs is 1. The van der Waals surface area contributed by atoms with Crippen LogP contribution in [-0.4, -0.2) is 21.4 Å². The van der Waals surface area contributed by atoms with Crippen LogP contribution in [-0.2, 0) is 0 Å². The van der Waals surface area contributed by atoms with E-state index in [9.17, 15) is 15.3 Å². The summed E-state index contributed by atoms with van der Waals surface area (Å²) in [7, 11) is 0. The van der Waals surface area contributed by atoms with E-state index in [1.54, 1.807) is 12.1 Å². The highest BCUT2D eigenvalue weighted by Gasteiger charge is 2.15. The Kier molecular flexibility index (Phi) is 6.18. The Balaban J connectivity index is 1.62. The third-order valence-electron chi connectivity index (χ3n) is 5.46. The SMILES string of the molecule is CC(C)Oc1cc(N=Nc2ccc(C(C)c3cc(O)ccc3O)cc2)c(O)c2ccccc12. The zero-order valence-corrected chi connectivity index (χ0v) is 18.7. The van der Waals surface area contributed by atoms with Crippen LogP contribution in [0.4, 0.5) is 11.4 Å². The number of rotatable bonds is 6. The smallest absolute Gasteiger partial charge is 0.151 e. The molecule has 0 aliphatic rings. The molecule has 6 nitrogen and oxygen atoms in total. The molecule has 6 heteroatoms. The van der Waals surface area contributed by atoms with Crippen molar-refractivity contribution in [1.82, 2.24) is 0 Å². The number of aromatic hydroxyl groups is 3. The highest BCUT2D eigenvalue weighted by Crippen LogP contribution is 2.42. The van der Waals surface area contributed by atoms with Crippen molar-refractivity contribution in [2.24, 2.45) is 10.2 Å². The molecule has 3 N–H and O–H groups in total. The van der Waals surface area contributed by atoms with Gasteiger partial charge in [-0.25, -0.2) is 0 Å². The topological polar surface area (TPSA) is 94.6 Å². The van der Waals surface area contributed by atoms with Gasteiger partial charge < -0.3 is 20.1 Å². The van der Waals surface area contributed by atoms with Crippen molar-refractivity contribution in [2.75, 3.05) is 0 Å². The molecule has 33 heavy (non-hydrogen) atoms. The first-order valence-electron chi connectivity index (χ1n) is 10.8. The first kappa shape index (κ1) is 22.1. The van der Waals surface area contributed by atoms with Gasteiger partial charge in [-0.3, -0.25) is 0 Å². The largest absolute Gasteiger partial charge is 0.508 e. The lowest BCUT2D eigenvalue weighted by molar-refractivity contribution is 0.245. The van der Waals surface area contributed by atoms with Crippen molar-refractivity contribution in [3.05, 3.63) is 83.9 Å². The van der Waals surface area contributed by atoms with Crippen molar-refractivity contribution in [2.45, 2.75) is 32.8 Å². The molecule has 1 unspecified atom stereocenters. The van der Waals surface area contributed by atoms with Crippen LogP contribution in [0.15, 0.2) is 83.0 Å². The highest BCUT2D eigenvalue weighted by atomic mass is 16.5. The van der Waals surface area contributed by atoms with Gasteiger partial charge in [0.1, 0.15) is 22.9 Å². The molecule has 4 aromatic rings. The fourth-order valence-electron chi connectivity index (χ4n) is 3.75. The summed E-state index contributed by atoms with van der Waals surface area (Å²) < 4.78 is 5.93. The summed E-state index contributed by atoms with van der Waals surface area (Å²) in [4.78, 5) is 0. The van der Waals surface area contributed by atoms with Crippen molar-refractivity contribution in [1.29, 1.82) is 0 Å². The van der Waals surface area contributed by atoms with Crippen molar-refractivity contribution in [3.8, 4) is 23.0 Å². The number of hydrogen-bond donors (Lipinski definition) is 3. The van der Waals surface area contributed by atoms with Crippen LogP contribution in [0.1, 0.15) is 37.8 Å². The zero-order valence-electron chi connectivity index (χ0n) is 18.7. The monoisotopic (exact) mass is 442 g/mol. The minimum Gasteiger partial charge on any atom is -0.508 e. The first-order chi connectivity index (χ1) is 15.8. The van der Waals surface area contributed by atoms with Crippen LogP contribution < -0.4 is 4.74 Å². The van der Waals surface area contributed by atoms with Crippen LogP contribution in [0.5, 0.6) is 23.0 Å². The molecule has 0 amide bonds. The minimum absolute atomic E-state index is 0.0248. The molecule has 1 atom stereocenters. The van der Waals surface area contributed by atoms with Gasteiger partial charge in [-0.1, -0.05) is 43.3 Å². The fourth-order valence-corrected chi connectivity index (χ4v) is 3.75. The highest BCUT2D eigenvalue weighted by molar-refractivity contribution is 5.97. The standard InChI is InChI=1S/C27H26N2O4/c1-16(2)33-26-15-24(27(32)22-7-5-4-6-21(22)26)29-28-19-10-8-18(9-11-19)17(3)23-14-20(30)12-13-25(23)31/h4-17,30-32H,1-3H3. The van der Waals surface area contributed by atoms with Crippen molar-refractivity contribution < 1.29 is 20.1 Å². The quantitative estimate of drug-likeness (QED) is 0.215. The van der Waals surface area contributed by atoms with Gasteiger partial charge in [-0.15, -0.1) is 5.11 Å². The van der Waals surface area contributed by atoms with E-state index in [0.29, 0.717) is 28.1 Å². The van der Waals surface area contributed by atoms with Gasteiger partial charge in [0.05, 0.1) is 11.8 Å². The van der Waals surface area contributed by atoms with E-state index in [0.717, 1.165) is 10.9 Å². The van der Waals surface area contributed by atoms with E-state index in [-0.39, 0.29) is 29.3 Å². The predicted octanol–water partition coefficient (Wildman–Crippen LogP) is 7.31. The lowest BCUT2D eigenvalue weighted by Gasteiger charge is -2.15. The number of hydrogen-bond acceptors (Lipinski definition) is 6. The predicted molar refractivity (Wildman–Crippen MR) is 129 cm³/mol. The maximum absolute atomic E-state index is 10.7. The summed E-state index contributed by atoms with van der Waals surface area (Å²) >= 11 is 0. The molecule has 0 fully saturated rings. The molecule has 0 heterocycles. The summed E-state index contributed by atoms with van der Waals surface area (Å²) in [5, 5.41) is 40.6. The lowest BCUT2D eigenvalue weighted by atomic mass is 9.92. The Morgan fingerprint density at radius 3 is 2.15 bits per heavy atom.